The fourth-order valence-corrected chi connectivity index (χ4v) is 1.60. The van der Waals surface area contributed by atoms with Gasteiger partial charge in [-0.05, 0) is 20.8 Å². The minimum Gasteiger partial charge on any atom is -0.481 e. The number of alkyl carbamates (subject to hydrolysis) is 1. The summed E-state index contributed by atoms with van der Waals surface area (Å²) in [4.78, 5) is 22.0. The van der Waals surface area contributed by atoms with E-state index in [1.54, 1.807) is 13.8 Å². The number of amides is 1. The van der Waals surface area contributed by atoms with E-state index in [0.29, 0.717) is 46.2 Å². The van der Waals surface area contributed by atoms with Crippen molar-refractivity contribution in [2.24, 2.45) is 0 Å². The molecule has 9 heteroatoms. The molecule has 9 nitrogen and oxygen atoms in total. The highest BCUT2D eigenvalue weighted by Gasteiger charge is 2.23. The molecule has 25 heavy (non-hydrogen) atoms. The maximum atomic E-state index is 11.7. The summed E-state index contributed by atoms with van der Waals surface area (Å²) in [6.45, 7) is 8.82. The summed E-state index contributed by atoms with van der Waals surface area (Å²) in [5.41, 5.74) is -0.849. The summed E-state index contributed by atoms with van der Waals surface area (Å²) >= 11 is 0. The van der Waals surface area contributed by atoms with Gasteiger partial charge >= 0.3 is 12.1 Å². The molecule has 2 N–H and O–H groups in total. The van der Waals surface area contributed by atoms with Gasteiger partial charge in [-0.25, -0.2) is 4.79 Å². The van der Waals surface area contributed by atoms with Crippen molar-refractivity contribution in [2.75, 3.05) is 59.4 Å². The first kappa shape index (κ1) is 23.6. The molecule has 1 amide bonds. The molecular formula is C16H31NO8. The molecule has 148 valence electrons. The van der Waals surface area contributed by atoms with Crippen LogP contribution in [0.4, 0.5) is 4.79 Å². The van der Waals surface area contributed by atoms with Crippen LogP contribution in [0.25, 0.3) is 0 Å². The maximum absolute atomic E-state index is 11.7. The molecule has 0 saturated heterocycles. The summed E-state index contributed by atoms with van der Waals surface area (Å²) in [5.74, 6) is -0.934. The zero-order valence-electron chi connectivity index (χ0n) is 15.4. The number of ether oxygens (including phenoxy) is 5. The molecule has 0 spiro atoms. The lowest BCUT2D eigenvalue weighted by Crippen LogP contribution is -2.39. The number of rotatable bonds is 16. The van der Waals surface area contributed by atoms with Gasteiger partial charge in [-0.3, -0.25) is 4.79 Å². The van der Waals surface area contributed by atoms with E-state index in [0.717, 1.165) is 0 Å². The van der Waals surface area contributed by atoms with Crippen LogP contribution in [0.3, 0.4) is 0 Å². The van der Waals surface area contributed by atoms with E-state index in [4.69, 9.17) is 28.8 Å². The predicted molar refractivity (Wildman–Crippen MR) is 89.8 cm³/mol. The third kappa shape index (κ3) is 17.2. The first-order chi connectivity index (χ1) is 11.9. The molecule has 0 atom stereocenters. The molecule has 0 aromatic rings. The van der Waals surface area contributed by atoms with Gasteiger partial charge in [0.25, 0.3) is 0 Å². The van der Waals surface area contributed by atoms with E-state index >= 15 is 0 Å². The molecule has 0 fully saturated rings. The Balaban J connectivity index is 3.54. The van der Waals surface area contributed by atoms with E-state index in [1.165, 1.54) is 0 Å². The average Bonchev–Trinajstić information content (AvgIpc) is 2.53. The molecule has 0 aliphatic carbocycles. The van der Waals surface area contributed by atoms with Gasteiger partial charge in [0.05, 0.1) is 52.7 Å². The van der Waals surface area contributed by atoms with Crippen LogP contribution in [0.2, 0.25) is 0 Å². The van der Waals surface area contributed by atoms with Crippen LogP contribution in [0.15, 0.2) is 0 Å². The molecule has 0 aliphatic rings. The summed E-state index contributed by atoms with van der Waals surface area (Å²) < 4.78 is 26.1. The van der Waals surface area contributed by atoms with Crippen LogP contribution >= 0.6 is 0 Å². The highest BCUT2D eigenvalue weighted by Crippen LogP contribution is 2.10. The van der Waals surface area contributed by atoms with Gasteiger partial charge in [0.2, 0.25) is 0 Å². The van der Waals surface area contributed by atoms with Crippen molar-refractivity contribution in [2.45, 2.75) is 32.8 Å². The highest BCUT2D eigenvalue weighted by molar-refractivity contribution is 5.67. The first-order valence-corrected chi connectivity index (χ1v) is 8.37. The van der Waals surface area contributed by atoms with Crippen molar-refractivity contribution in [3.8, 4) is 0 Å². The van der Waals surface area contributed by atoms with Crippen LogP contribution in [0.5, 0.6) is 0 Å². The van der Waals surface area contributed by atoms with Gasteiger partial charge in [-0.2, -0.15) is 0 Å². The van der Waals surface area contributed by atoms with E-state index < -0.39 is 17.7 Å². The first-order valence-electron chi connectivity index (χ1n) is 8.37. The van der Waals surface area contributed by atoms with Gasteiger partial charge in [0, 0.05) is 13.2 Å². The lowest BCUT2D eigenvalue weighted by Gasteiger charge is -2.24. The van der Waals surface area contributed by atoms with Crippen LogP contribution in [0, 0.1) is 0 Å². The Morgan fingerprint density at radius 3 is 2.12 bits per heavy atom. The summed E-state index contributed by atoms with van der Waals surface area (Å²) in [5, 5.41) is 11.1. The minimum atomic E-state index is -0.934. The molecule has 0 rings (SSSR count). The fraction of sp³-hybridized carbons (Fsp3) is 0.875. The predicted octanol–water partition coefficient (Wildman–Crippen LogP) is 1.05. The molecular weight excluding hydrogens is 334 g/mol. The molecule has 0 aromatic carbocycles. The fourth-order valence-electron chi connectivity index (χ4n) is 1.60. The zero-order chi connectivity index (χ0) is 19.0. The molecule has 0 bridgehead atoms. The summed E-state index contributed by atoms with van der Waals surface area (Å²) in [6, 6.07) is 0. The Hall–Kier alpha value is -1.42. The van der Waals surface area contributed by atoms with Gasteiger partial charge in [-0.1, -0.05) is 0 Å². The number of carboxylic acid groups (broad SMARTS) is 1. The molecule has 0 radical (unpaired) electrons. The van der Waals surface area contributed by atoms with Crippen molar-refractivity contribution in [1.82, 2.24) is 5.32 Å². The van der Waals surface area contributed by atoms with E-state index in [-0.39, 0.29) is 19.6 Å². The third-order valence-electron chi connectivity index (χ3n) is 2.74. The minimum absolute atomic E-state index is 0.0736. The lowest BCUT2D eigenvalue weighted by atomic mass is 10.1. The van der Waals surface area contributed by atoms with Crippen molar-refractivity contribution in [3.63, 3.8) is 0 Å². The molecule has 0 aromatic heterocycles. The number of carbonyl (C=O) groups excluding carboxylic acids is 1. The van der Waals surface area contributed by atoms with E-state index in [9.17, 15) is 9.59 Å². The number of carboxylic acids is 1. The Bertz CT molecular complexity index is 362. The van der Waals surface area contributed by atoms with Crippen LogP contribution in [-0.4, -0.2) is 82.2 Å². The second-order valence-electron chi connectivity index (χ2n) is 5.69. The average molecular weight is 365 g/mol. The molecule has 0 unspecified atom stereocenters. The number of nitrogens with one attached hydrogen (secondary N) is 1. The Morgan fingerprint density at radius 2 is 1.52 bits per heavy atom. The third-order valence-corrected chi connectivity index (χ3v) is 2.74. The summed E-state index contributed by atoms with van der Waals surface area (Å²) in [6.07, 6.45) is -0.669. The van der Waals surface area contributed by atoms with Crippen molar-refractivity contribution in [1.29, 1.82) is 0 Å². The second-order valence-corrected chi connectivity index (χ2v) is 5.69. The Labute approximate surface area is 148 Å². The van der Waals surface area contributed by atoms with Gasteiger partial charge < -0.3 is 34.1 Å². The standard InChI is InChI=1S/C16H31NO8/c1-4-21-9-10-23-12-11-22-8-6-17-15(20)25-16(2,3)13-24-7-5-14(18)19/h4-13H2,1-3H3,(H,17,20)(H,18,19). The molecule has 0 heterocycles. The van der Waals surface area contributed by atoms with Gasteiger partial charge in [-0.15, -0.1) is 0 Å². The topological polar surface area (TPSA) is 113 Å². The Morgan fingerprint density at radius 1 is 0.920 bits per heavy atom. The lowest BCUT2D eigenvalue weighted by molar-refractivity contribution is -0.138. The monoisotopic (exact) mass is 365 g/mol. The molecule has 0 saturated carbocycles. The number of aliphatic carboxylic acids is 1. The SMILES string of the molecule is CCOCCOCCOCCNC(=O)OC(C)(C)COCCC(=O)O. The number of carbonyl (C=O) groups is 2. The van der Waals surface area contributed by atoms with Gasteiger partial charge in [0.15, 0.2) is 0 Å². The smallest absolute Gasteiger partial charge is 0.407 e. The van der Waals surface area contributed by atoms with Crippen molar-refractivity contribution < 1.29 is 38.4 Å². The largest absolute Gasteiger partial charge is 0.481 e. The van der Waals surface area contributed by atoms with Gasteiger partial charge in [0.1, 0.15) is 5.60 Å². The van der Waals surface area contributed by atoms with Crippen LogP contribution in [0.1, 0.15) is 27.2 Å². The van der Waals surface area contributed by atoms with Crippen molar-refractivity contribution >= 4 is 12.1 Å². The highest BCUT2D eigenvalue weighted by atomic mass is 16.6. The van der Waals surface area contributed by atoms with Crippen LogP contribution in [-0.2, 0) is 28.5 Å². The zero-order valence-corrected chi connectivity index (χ0v) is 15.4. The van der Waals surface area contributed by atoms with E-state index in [2.05, 4.69) is 5.32 Å². The quantitative estimate of drug-likeness (QED) is 0.390. The molecule has 0 aliphatic heterocycles. The summed E-state index contributed by atoms with van der Waals surface area (Å²) in [7, 11) is 0. The normalized spacial score (nSPS) is 11.3. The second kappa shape index (κ2) is 14.9. The number of hydrogen-bond acceptors (Lipinski definition) is 7. The van der Waals surface area contributed by atoms with Crippen molar-refractivity contribution in [3.05, 3.63) is 0 Å². The number of hydrogen-bond donors (Lipinski definition) is 2. The van der Waals surface area contributed by atoms with Crippen LogP contribution < -0.4 is 5.32 Å². The van der Waals surface area contributed by atoms with E-state index in [1.807, 2.05) is 6.92 Å². The maximum Gasteiger partial charge on any atom is 0.407 e. The Kier molecular flexibility index (Phi) is 14.0.